The van der Waals surface area contributed by atoms with E-state index in [2.05, 4.69) is 11.0 Å². The molecule has 1 fully saturated rings. The van der Waals surface area contributed by atoms with Crippen molar-refractivity contribution < 1.29 is 9.66 Å². The van der Waals surface area contributed by atoms with Gasteiger partial charge in [-0.25, -0.2) is 0 Å². The fraction of sp³-hybridized carbons (Fsp3) is 0.429. The lowest BCUT2D eigenvalue weighted by molar-refractivity contribution is -0.384. The standard InChI is InChI=1S/C21H27N3O3/c1-27-21-7-3-2-6-18(21)17-10-13-23(14-11-17)19-9-8-16(5-4-12-22)15-20(19)24(25)26/h2-3,6-9,15,17H,4-5,10-14,22H2,1H3. The van der Waals surface area contributed by atoms with Crippen LogP contribution in [-0.2, 0) is 6.42 Å². The zero-order valence-corrected chi connectivity index (χ0v) is 15.8. The number of nitro benzene ring substituents is 1. The van der Waals surface area contributed by atoms with E-state index in [-0.39, 0.29) is 10.6 Å². The number of para-hydroxylation sites is 1. The third-order valence-corrected chi connectivity index (χ3v) is 5.32. The van der Waals surface area contributed by atoms with Crippen LogP contribution in [0, 0.1) is 10.1 Å². The highest BCUT2D eigenvalue weighted by molar-refractivity contribution is 5.64. The topological polar surface area (TPSA) is 81.6 Å². The van der Waals surface area contributed by atoms with Gasteiger partial charge in [-0.2, -0.15) is 0 Å². The molecule has 0 spiro atoms. The summed E-state index contributed by atoms with van der Waals surface area (Å²) in [5, 5.41) is 11.6. The van der Waals surface area contributed by atoms with Gasteiger partial charge in [0.25, 0.3) is 5.69 Å². The third kappa shape index (κ3) is 4.39. The minimum Gasteiger partial charge on any atom is -0.496 e. The van der Waals surface area contributed by atoms with Crippen LogP contribution in [0.1, 0.15) is 36.3 Å². The molecular formula is C21H27N3O3. The molecule has 0 atom stereocenters. The molecule has 0 amide bonds. The number of hydrogen-bond acceptors (Lipinski definition) is 5. The maximum Gasteiger partial charge on any atom is 0.292 e. The summed E-state index contributed by atoms with van der Waals surface area (Å²) in [5.41, 5.74) is 8.66. The minimum atomic E-state index is -0.270. The fourth-order valence-corrected chi connectivity index (χ4v) is 3.88. The molecule has 6 nitrogen and oxygen atoms in total. The Kier molecular flexibility index (Phi) is 6.29. The second-order valence-corrected chi connectivity index (χ2v) is 6.98. The van der Waals surface area contributed by atoms with Crippen LogP contribution in [0.3, 0.4) is 0 Å². The normalized spacial score (nSPS) is 15.0. The summed E-state index contributed by atoms with van der Waals surface area (Å²) in [4.78, 5) is 13.5. The molecule has 1 aliphatic heterocycles. The first-order valence-electron chi connectivity index (χ1n) is 9.49. The summed E-state index contributed by atoms with van der Waals surface area (Å²) in [6.45, 7) is 2.18. The van der Waals surface area contributed by atoms with Gasteiger partial charge in [-0.15, -0.1) is 0 Å². The highest BCUT2D eigenvalue weighted by atomic mass is 16.6. The highest BCUT2D eigenvalue weighted by Gasteiger charge is 2.27. The van der Waals surface area contributed by atoms with Crippen LogP contribution in [-0.4, -0.2) is 31.7 Å². The molecule has 2 N–H and O–H groups in total. The summed E-state index contributed by atoms with van der Waals surface area (Å²) in [6.07, 6.45) is 3.51. The van der Waals surface area contributed by atoms with E-state index in [1.807, 2.05) is 30.3 Å². The van der Waals surface area contributed by atoms with E-state index in [0.717, 1.165) is 55.8 Å². The Labute approximate surface area is 160 Å². The van der Waals surface area contributed by atoms with Crippen LogP contribution in [0.25, 0.3) is 0 Å². The van der Waals surface area contributed by atoms with E-state index >= 15 is 0 Å². The summed E-state index contributed by atoms with van der Waals surface area (Å²) >= 11 is 0. The molecule has 0 aliphatic carbocycles. The van der Waals surface area contributed by atoms with Gasteiger partial charge in [0.05, 0.1) is 12.0 Å². The van der Waals surface area contributed by atoms with Gasteiger partial charge < -0.3 is 15.4 Å². The molecule has 1 heterocycles. The Morgan fingerprint density at radius 2 is 1.96 bits per heavy atom. The van der Waals surface area contributed by atoms with Gasteiger partial charge in [-0.05, 0) is 61.4 Å². The van der Waals surface area contributed by atoms with Crippen LogP contribution in [0.4, 0.5) is 11.4 Å². The molecule has 144 valence electrons. The Morgan fingerprint density at radius 3 is 2.63 bits per heavy atom. The number of aryl methyl sites for hydroxylation is 1. The third-order valence-electron chi connectivity index (χ3n) is 5.32. The van der Waals surface area contributed by atoms with Crippen molar-refractivity contribution in [1.82, 2.24) is 0 Å². The van der Waals surface area contributed by atoms with Crippen LogP contribution in [0.5, 0.6) is 5.75 Å². The minimum absolute atomic E-state index is 0.195. The van der Waals surface area contributed by atoms with Crippen LogP contribution >= 0.6 is 0 Å². The SMILES string of the molecule is COc1ccccc1C1CCN(c2ccc(CCCN)cc2[N+](=O)[O-])CC1. The first kappa shape index (κ1) is 19.2. The molecule has 6 heteroatoms. The quantitative estimate of drug-likeness (QED) is 0.592. The predicted octanol–water partition coefficient (Wildman–Crippen LogP) is 3.88. The highest BCUT2D eigenvalue weighted by Crippen LogP contribution is 2.37. The summed E-state index contributed by atoms with van der Waals surface area (Å²) in [6, 6.07) is 13.7. The van der Waals surface area contributed by atoms with Gasteiger partial charge in [0.2, 0.25) is 0 Å². The summed E-state index contributed by atoms with van der Waals surface area (Å²) in [7, 11) is 1.70. The number of nitro groups is 1. The van der Waals surface area contributed by atoms with Crippen LogP contribution < -0.4 is 15.4 Å². The Balaban J connectivity index is 1.74. The van der Waals surface area contributed by atoms with Crippen molar-refractivity contribution >= 4 is 11.4 Å². The zero-order valence-electron chi connectivity index (χ0n) is 15.8. The van der Waals surface area contributed by atoms with Crippen molar-refractivity contribution in [2.75, 3.05) is 31.6 Å². The van der Waals surface area contributed by atoms with Crippen molar-refractivity contribution in [2.24, 2.45) is 5.73 Å². The number of piperidine rings is 1. The molecule has 0 bridgehead atoms. The molecule has 2 aromatic rings. The Bertz CT molecular complexity index is 786. The monoisotopic (exact) mass is 369 g/mol. The van der Waals surface area contributed by atoms with Crippen molar-refractivity contribution in [1.29, 1.82) is 0 Å². The second-order valence-electron chi connectivity index (χ2n) is 6.98. The molecule has 0 aromatic heterocycles. The van der Waals surface area contributed by atoms with Gasteiger partial charge in [-0.1, -0.05) is 24.3 Å². The molecule has 0 saturated carbocycles. The van der Waals surface area contributed by atoms with E-state index in [1.165, 1.54) is 5.56 Å². The molecule has 1 saturated heterocycles. The van der Waals surface area contributed by atoms with Crippen LogP contribution in [0.2, 0.25) is 0 Å². The lowest BCUT2D eigenvalue weighted by Crippen LogP contribution is -2.33. The lowest BCUT2D eigenvalue weighted by Gasteiger charge is -2.34. The second kappa shape index (κ2) is 8.86. The van der Waals surface area contributed by atoms with E-state index in [1.54, 1.807) is 13.2 Å². The van der Waals surface area contributed by atoms with E-state index < -0.39 is 0 Å². The average molecular weight is 369 g/mol. The van der Waals surface area contributed by atoms with Gasteiger partial charge in [0, 0.05) is 19.2 Å². The van der Waals surface area contributed by atoms with Crippen LogP contribution in [0.15, 0.2) is 42.5 Å². The lowest BCUT2D eigenvalue weighted by atomic mass is 9.88. The summed E-state index contributed by atoms with van der Waals surface area (Å²) < 4.78 is 5.49. The summed E-state index contributed by atoms with van der Waals surface area (Å²) in [5.74, 6) is 1.34. The van der Waals surface area contributed by atoms with E-state index in [4.69, 9.17) is 10.5 Å². The van der Waals surface area contributed by atoms with Crippen molar-refractivity contribution in [2.45, 2.75) is 31.6 Å². The first-order chi connectivity index (χ1) is 13.1. The van der Waals surface area contributed by atoms with Crippen molar-refractivity contribution in [3.63, 3.8) is 0 Å². The average Bonchev–Trinajstić information content (AvgIpc) is 2.72. The van der Waals surface area contributed by atoms with Gasteiger partial charge in [0.1, 0.15) is 11.4 Å². The molecule has 27 heavy (non-hydrogen) atoms. The molecular weight excluding hydrogens is 342 g/mol. The van der Waals surface area contributed by atoms with Crippen molar-refractivity contribution in [3.05, 3.63) is 63.7 Å². The number of rotatable bonds is 7. The first-order valence-corrected chi connectivity index (χ1v) is 9.49. The molecule has 2 aromatic carbocycles. The number of ether oxygens (including phenoxy) is 1. The molecule has 0 unspecified atom stereocenters. The maximum atomic E-state index is 11.6. The largest absolute Gasteiger partial charge is 0.496 e. The van der Waals surface area contributed by atoms with Gasteiger partial charge in [-0.3, -0.25) is 10.1 Å². The number of methoxy groups -OCH3 is 1. The maximum absolute atomic E-state index is 11.6. The predicted molar refractivity (Wildman–Crippen MR) is 108 cm³/mol. The zero-order chi connectivity index (χ0) is 19.2. The smallest absolute Gasteiger partial charge is 0.292 e. The van der Waals surface area contributed by atoms with Crippen molar-refractivity contribution in [3.8, 4) is 5.75 Å². The molecule has 1 aliphatic rings. The van der Waals surface area contributed by atoms with E-state index in [9.17, 15) is 10.1 Å². The Morgan fingerprint density at radius 1 is 1.22 bits per heavy atom. The Hall–Kier alpha value is -2.60. The number of hydrogen-bond donors (Lipinski definition) is 1. The molecule has 0 radical (unpaired) electrons. The number of anilines is 1. The fourth-order valence-electron chi connectivity index (χ4n) is 3.88. The molecule has 3 rings (SSSR count). The number of nitrogens with two attached hydrogens (primary N) is 1. The number of nitrogens with zero attached hydrogens (tertiary/aromatic N) is 2. The van der Waals surface area contributed by atoms with E-state index in [0.29, 0.717) is 12.5 Å². The van der Waals surface area contributed by atoms with Gasteiger partial charge >= 0.3 is 0 Å². The van der Waals surface area contributed by atoms with Gasteiger partial charge in [0.15, 0.2) is 0 Å². The number of benzene rings is 2.